The van der Waals surface area contributed by atoms with Gasteiger partial charge in [0.2, 0.25) is 5.91 Å². The van der Waals surface area contributed by atoms with Gasteiger partial charge in [-0.3, -0.25) is 4.79 Å². The van der Waals surface area contributed by atoms with Gasteiger partial charge in [-0.05, 0) is 49.4 Å². The van der Waals surface area contributed by atoms with E-state index in [1.165, 1.54) is 10.4 Å². The molecule has 5 heteroatoms. The number of thiazole rings is 1. The van der Waals surface area contributed by atoms with Crippen LogP contribution in [-0.4, -0.2) is 23.5 Å². The molecule has 0 aliphatic heterocycles. The number of aromatic nitrogens is 1. The van der Waals surface area contributed by atoms with Crippen LogP contribution < -0.4 is 10.6 Å². The first-order valence-electron chi connectivity index (χ1n) is 11.5. The molecule has 32 heavy (non-hydrogen) atoms. The Kier molecular flexibility index (Phi) is 6.77. The molecule has 4 atom stereocenters. The highest BCUT2D eigenvalue weighted by Crippen LogP contribution is 2.50. The standard InChI is InChI=1S/C27H33N3OS/c1-5-17(2)25(28)16-30(22-13-11-21(12-14-22)20-9-7-6-8-10-20)27(31)24-15-23(24)26-29-18(3)19(4)32-26/h6-14,17,23-25H,5,15-16,28H2,1-4H3/t17-,23+,24+,25+/m0/s1. The number of rotatable bonds is 8. The number of nitrogens with two attached hydrogens (primary N) is 1. The predicted octanol–water partition coefficient (Wildman–Crippen LogP) is 5.94. The monoisotopic (exact) mass is 447 g/mol. The highest BCUT2D eigenvalue weighted by atomic mass is 32.1. The number of nitrogens with zero attached hydrogens (tertiary/aromatic N) is 2. The third-order valence-corrected chi connectivity index (χ3v) is 8.00. The first kappa shape index (κ1) is 22.7. The zero-order valence-corrected chi connectivity index (χ0v) is 20.2. The molecular formula is C27H33N3OS. The molecule has 4 nitrogen and oxygen atoms in total. The van der Waals surface area contributed by atoms with E-state index in [1.54, 1.807) is 11.3 Å². The van der Waals surface area contributed by atoms with E-state index in [0.29, 0.717) is 12.5 Å². The van der Waals surface area contributed by atoms with Crippen LogP contribution >= 0.6 is 11.3 Å². The topological polar surface area (TPSA) is 59.2 Å². The van der Waals surface area contributed by atoms with Gasteiger partial charge in [-0.25, -0.2) is 4.98 Å². The van der Waals surface area contributed by atoms with E-state index in [4.69, 9.17) is 10.7 Å². The predicted molar refractivity (Wildman–Crippen MR) is 134 cm³/mol. The Morgan fingerprint density at radius 1 is 1.12 bits per heavy atom. The van der Waals surface area contributed by atoms with Crippen molar-refractivity contribution in [3.63, 3.8) is 0 Å². The molecule has 1 aliphatic carbocycles. The number of carbonyl (C=O) groups is 1. The molecule has 0 radical (unpaired) electrons. The first-order chi connectivity index (χ1) is 15.4. The summed E-state index contributed by atoms with van der Waals surface area (Å²) in [4.78, 5) is 21.5. The van der Waals surface area contributed by atoms with Crippen LogP contribution in [0, 0.1) is 25.7 Å². The highest BCUT2D eigenvalue weighted by Gasteiger charge is 2.48. The smallest absolute Gasteiger partial charge is 0.230 e. The average Bonchev–Trinajstić information content (AvgIpc) is 3.55. The van der Waals surface area contributed by atoms with E-state index in [2.05, 4.69) is 57.2 Å². The molecule has 1 amide bonds. The molecule has 2 N–H and O–H groups in total. The van der Waals surface area contributed by atoms with Gasteiger partial charge in [-0.2, -0.15) is 0 Å². The normalized spacial score (nSPS) is 19.4. The average molecular weight is 448 g/mol. The van der Waals surface area contributed by atoms with Crippen molar-refractivity contribution in [3.8, 4) is 11.1 Å². The van der Waals surface area contributed by atoms with Gasteiger partial charge in [-0.1, -0.05) is 62.7 Å². The fourth-order valence-corrected chi connectivity index (χ4v) is 5.18. The van der Waals surface area contributed by atoms with Gasteiger partial charge >= 0.3 is 0 Å². The van der Waals surface area contributed by atoms with Crippen molar-refractivity contribution < 1.29 is 4.79 Å². The lowest BCUT2D eigenvalue weighted by atomic mass is 9.99. The summed E-state index contributed by atoms with van der Waals surface area (Å²) in [6.45, 7) is 8.99. The summed E-state index contributed by atoms with van der Waals surface area (Å²) >= 11 is 1.73. The molecule has 0 unspecified atom stereocenters. The summed E-state index contributed by atoms with van der Waals surface area (Å²) < 4.78 is 0. The molecule has 0 saturated heterocycles. The van der Waals surface area contributed by atoms with Crippen molar-refractivity contribution in [2.45, 2.75) is 52.5 Å². The minimum Gasteiger partial charge on any atom is -0.326 e. The van der Waals surface area contributed by atoms with Gasteiger partial charge in [-0.15, -0.1) is 11.3 Å². The second-order valence-corrected chi connectivity index (χ2v) is 10.3. The molecule has 4 rings (SSSR count). The van der Waals surface area contributed by atoms with E-state index in [1.807, 2.05) is 30.0 Å². The van der Waals surface area contributed by atoms with Crippen LogP contribution in [0.4, 0.5) is 5.69 Å². The third-order valence-electron chi connectivity index (χ3n) is 6.79. The van der Waals surface area contributed by atoms with E-state index < -0.39 is 0 Å². The molecule has 0 bridgehead atoms. The number of benzene rings is 2. The molecular weight excluding hydrogens is 414 g/mol. The number of amides is 1. The lowest BCUT2D eigenvalue weighted by molar-refractivity contribution is -0.120. The quantitative estimate of drug-likeness (QED) is 0.465. The van der Waals surface area contributed by atoms with Crippen LogP contribution in [0.2, 0.25) is 0 Å². The minimum atomic E-state index is -0.0562. The lowest BCUT2D eigenvalue weighted by Crippen LogP contribution is -2.45. The van der Waals surface area contributed by atoms with E-state index >= 15 is 0 Å². The first-order valence-corrected chi connectivity index (χ1v) is 12.4. The summed E-state index contributed by atoms with van der Waals surface area (Å²) in [5.41, 5.74) is 10.8. The Morgan fingerprint density at radius 2 is 1.78 bits per heavy atom. The van der Waals surface area contributed by atoms with Crippen molar-refractivity contribution >= 4 is 22.9 Å². The van der Waals surface area contributed by atoms with E-state index in [-0.39, 0.29) is 23.8 Å². The third kappa shape index (κ3) is 4.79. The van der Waals surface area contributed by atoms with Gasteiger partial charge in [0.05, 0.1) is 10.7 Å². The highest BCUT2D eigenvalue weighted by molar-refractivity contribution is 7.11. The molecule has 1 saturated carbocycles. The van der Waals surface area contributed by atoms with Crippen molar-refractivity contribution in [2.75, 3.05) is 11.4 Å². The van der Waals surface area contributed by atoms with E-state index in [9.17, 15) is 4.79 Å². The van der Waals surface area contributed by atoms with Gasteiger partial charge in [0.1, 0.15) is 0 Å². The van der Waals surface area contributed by atoms with Crippen LogP contribution in [0.5, 0.6) is 0 Å². The Bertz CT molecular complexity index is 1040. The summed E-state index contributed by atoms with van der Waals surface area (Å²) in [5, 5.41) is 1.10. The minimum absolute atomic E-state index is 0.00196. The Hall–Kier alpha value is -2.50. The van der Waals surface area contributed by atoms with Gasteiger partial charge in [0.15, 0.2) is 0 Å². The second-order valence-electron chi connectivity index (χ2n) is 9.05. The van der Waals surface area contributed by atoms with Crippen molar-refractivity contribution in [2.24, 2.45) is 17.6 Å². The van der Waals surface area contributed by atoms with Crippen molar-refractivity contribution in [3.05, 3.63) is 70.2 Å². The Labute approximate surface area is 195 Å². The van der Waals surface area contributed by atoms with Gasteiger partial charge < -0.3 is 10.6 Å². The fraction of sp³-hybridized carbons (Fsp3) is 0.407. The fourth-order valence-electron chi connectivity index (χ4n) is 4.08. The number of hydrogen-bond donors (Lipinski definition) is 1. The van der Waals surface area contributed by atoms with Crippen LogP contribution in [0.3, 0.4) is 0 Å². The number of carbonyl (C=O) groups excluding carboxylic acids is 1. The largest absolute Gasteiger partial charge is 0.326 e. The lowest BCUT2D eigenvalue weighted by Gasteiger charge is -2.29. The maximum atomic E-state index is 13.6. The van der Waals surface area contributed by atoms with Crippen LogP contribution in [0.1, 0.15) is 48.2 Å². The molecule has 1 aromatic heterocycles. The number of aryl methyl sites for hydroxylation is 2. The zero-order chi connectivity index (χ0) is 22.8. The molecule has 1 aliphatic rings. The molecule has 2 aromatic carbocycles. The Balaban J connectivity index is 1.57. The molecule has 3 aromatic rings. The van der Waals surface area contributed by atoms with Crippen LogP contribution in [0.15, 0.2) is 54.6 Å². The molecule has 1 fully saturated rings. The van der Waals surface area contributed by atoms with Crippen molar-refractivity contribution in [1.29, 1.82) is 0 Å². The van der Waals surface area contributed by atoms with Crippen molar-refractivity contribution in [1.82, 2.24) is 4.98 Å². The summed E-state index contributed by atoms with van der Waals surface area (Å²) in [6, 6.07) is 18.5. The van der Waals surface area contributed by atoms with Crippen LogP contribution in [0.25, 0.3) is 11.1 Å². The van der Waals surface area contributed by atoms with E-state index in [0.717, 1.165) is 34.8 Å². The maximum absolute atomic E-state index is 13.6. The van der Waals surface area contributed by atoms with Crippen LogP contribution in [-0.2, 0) is 4.79 Å². The summed E-state index contributed by atoms with van der Waals surface area (Å²) in [6.07, 6.45) is 1.88. The zero-order valence-electron chi connectivity index (χ0n) is 19.4. The van der Waals surface area contributed by atoms with Gasteiger partial charge in [0.25, 0.3) is 0 Å². The maximum Gasteiger partial charge on any atom is 0.230 e. The summed E-state index contributed by atoms with van der Waals surface area (Å²) in [7, 11) is 0. The molecule has 1 heterocycles. The number of anilines is 1. The number of hydrogen-bond acceptors (Lipinski definition) is 4. The van der Waals surface area contributed by atoms with Gasteiger partial charge in [0, 0.05) is 35.0 Å². The second kappa shape index (κ2) is 9.55. The molecule has 0 spiro atoms. The SMILES string of the molecule is CC[C@H](C)[C@H](N)CN(C(=O)[C@@H]1C[C@H]1c1nc(C)c(C)s1)c1ccc(-c2ccccc2)cc1. The molecule has 168 valence electrons. The Morgan fingerprint density at radius 3 is 2.38 bits per heavy atom. The summed E-state index contributed by atoms with van der Waals surface area (Å²) in [5.74, 6) is 0.767.